The van der Waals surface area contributed by atoms with Crippen LogP contribution in [0.5, 0.6) is 40.2 Å². The maximum Gasteiger partial charge on any atom is 0.498 e. The van der Waals surface area contributed by atoms with Crippen molar-refractivity contribution in [1.29, 1.82) is 0 Å². The molecule has 0 bridgehead atoms. The van der Waals surface area contributed by atoms with Crippen LogP contribution >= 0.6 is 15.9 Å². The molecule has 11 aromatic carbocycles. The van der Waals surface area contributed by atoms with Crippen LogP contribution < -0.4 is 34.6 Å². The van der Waals surface area contributed by atoms with E-state index in [2.05, 4.69) is 185 Å². The van der Waals surface area contributed by atoms with Crippen molar-refractivity contribution in [3.05, 3.63) is 278 Å². The summed E-state index contributed by atoms with van der Waals surface area (Å²) in [6, 6.07) is 73.4. The van der Waals surface area contributed by atoms with Gasteiger partial charge in [0.2, 0.25) is 0 Å². The molecule has 149 heavy (non-hydrogen) atoms. The van der Waals surface area contributed by atoms with Gasteiger partial charge in [-0.1, -0.05) is 174 Å². The average Bonchev–Trinajstić information content (AvgIpc) is 1.53. The molecule has 2 saturated carbocycles. The van der Waals surface area contributed by atoms with E-state index in [4.69, 9.17) is 220 Å². The first kappa shape index (κ1) is 122. The van der Waals surface area contributed by atoms with Crippen LogP contribution in [0.3, 0.4) is 0 Å². The molecule has 15 rings (SSSR count). The molecule has 11 nitrogen and oxygen atoms in total. The van der Waals surface area contributed by atoms with E-state index in [1.165, 1.54) is 40.4 Å². The number of fused-ring (bicyclic) bond motifs is 2. The van der Waals surface area contributed by atoms with E-state index in [0.717, 1.165) is 130 Å². The second-order valence-corrected chi connectivity index (χ2v) is 41.9. The number of para-hydroxylation sites is 4. The van der Waals surface area contributed by atoms with Gasteiger partial charge in [-0.3, -0.25) is 0 Å². The maximum atomic E-state index is 11.5. The van der Waals surface area contributed by atoms with E-state index < -0.39 is 121 Å². The molecular weight excluding hydrogens is 1850 g/mol. The summed E-state index contributed by atoms with van der Waals surface area (Å²) < 4.78 is 56.7. The lowest BCUT2D eigenvalue weighted by molar-refractivity contribution is 0.187. The van der Waals surface area contributed by atoms with E-state index in [9.17, 15) is 10.2 Å². The number of aryl methyl sites for hydroxylation is 9. The SMILES string of the molecule is CC12CC1(C)OB(c1ccccc1OCCCOc1ccccc1B1OC3(C)CC3(C)O1)O2.Cc1ccc(-c2cc(C)cc(-c3ccccc3OCCCOc3ccccc3-c3cc(C)cc(-c4ccc(C)cc4C)c3O)c2O)c(C)c1.Cc1ccc(-c2cc(C)cc(Br)c2OCc2ccccc2)c(C)c1.[B]B([B])B(B([B])[B])B(B([B])[B])B(B([B])[B])B([B])[B].[B][B]B(B([B])[B])B(B([B])[B])B(B(B([B])[B])B([B])[B])B(B([B])[B])B([B])[B]. The largest absolute Gasteiger partial charge is 0.507 e. The van der Waals surface area contributed by atoms with E-state index >= 15 is 0 Å². The first-order valence-corrected chi connectivity index (χ1v) is 51.3. The lowest BCUT2D eigenvalue weighted by atomic mass is 8.35. The van der Waals surface area contributed by atoms with Gasteiger partial charge in [-0.2, -0.15) is 0 Å². The lowest BCUT2D eigenvalue weighted by Crippen LogP contribution is -2.85. The zero-order valence-electron chi connectivity index (χ0n) is 88.1. The Bertz CT molecular complexity index is 5920. The van der Waals surface area contributed by atoms with Gasteiger partial charge in [0.1, 0.15) is 46.9 Å². The van der Waals surface area contributed by atoms with Gasteiger partial charge in [0.05, 0.1) is 53.3 Å². The van der Waals surface area contributed by atoms with E-state index in [-0.39, 0.29) is 48.1 Å². The highest BCUT2D eigenvalue weighted by Crippen LogP contribution is 2.60. The summed E-state index contributed by atoms with van der Waals surface area (Å²) in [4.78, 5) is 0. The summed E-state index contributed by atoms with van der Waals surface area (Å²) in [5.41, 5.74) is 22.0. The summed E-state index contributed by atoms with van der Waals surface area (Å²) in [6.07, 6.45) is -12.0. The Balaban J connectivity index is 0.000000185. The number of hydrogen-bond donors (Lipinski definition) is 2. The molecule has 11 aromatic rings. The third-order valence-electron chi connectivity index (χ3n) is 28.8. The van der Waals surface area contributed by atoms with Crippen molar-refractivity contribution in [3.8, 4) is 95.9 Å². The highest BCUT2D eigenvalue weighted by molar-refractivity contribution is 9.10. The van der Waals surface area contributed by atoms with Crippen molar-refractivity contribution in [2.45, 2.75) is 145 Å². The van der Waals surface area contributed by atoms with Gasteiger partial charge < -0.3 is 52.5 Å². The highest BCUT2D eigenvalue weighted by Gasteiger charge is 2.72. The smallest absolute Gasteiger partial charge is 0.498 e. The molecule has 2 N–H and O–H groups in total. The molecule has 47 radical (unpaired) electrons. The lowest BCUT2D eigenvalue weighted by Gasteiger charge is -2.47. The van der Waals surface area contributed by atoms with Gasteiger partial charge in [-0.15, -0.1) is 0 Å². The Morgan fingerprint density at radius 2 is 0.577 bits per heavy atom. The van der Waals surface area contributed by atoms with Crippen LogP contribution in [0.4, 0.5) is 0 Å². The molecule has 4 unspecified atom stereocenters. The Morgan fingerprint density at radius 3 is 0.899 bits per heavy atom. The Labute approximate surface area is 937 Å². The third kappa shape index (κ3) is 31.0. The Kier molecular flexibility index (Phi) is 45.0. The first-order chi connectivity index (χ1) is 70.4. The molecule has 4 aliphatic rings. The minimum Gasteiger partial charge on any atom is -0.507 e. The minimum atomic E-state index is -0.960. The number of phenols is 2. The molecule has 2 aliphatic carbocycles. The highest BCUT2D eigenvalue weighted by atomic mass is 79.9. The number of aromatic hydroxyl groups is 2. The molecule has 0 aromatic heterocycles. The molecule has 4 fully saturated rings. The summed E-state index contributed by atoms with van der Waals surface area (Å²) in [7, 11) is 134. The van der Waals surface area contributed by atoms with Crippen molar-refractivity contribution < 1.29 is 52.5 Å². The molecule has 2 aliphatic heterocycles. The van der Waals surface area contributed by atoms with Crippen molar-refractivity contribution in [2.75, 3.05) is 26.4 Å². The van der Waals surface area contributed by atoms with Crippen molar-refractivity contribution in [1.82, 2.24) is 0 Å². The van der Waals surface area contributed by atoms with Gasteiger partial charge in [-0.25, -0.2) is 0 Å². The summed E-state index contributed by atoms with van der Waals surface area (Å²) in [5, 5.41) is 23.1. The fourth-order valence-corrected chi connectivity index (χ4v) is 21.3. The predicted molar refractivity (Wildman–Crippen MR) is 680 cm³/mol. The number of halogens is 1. The zero-order chi connectivity index (χ0) is 109. The zero-order valence-corrected chi connectivity index (χ0v) is 89.7. The van der Waals surface area contributed by atoms with Crippen LogP contribution in [0.25, 0.3) is 55.6 Å². The van der Waals surface area contributed by atoms with Crippen LogP contribution in [0, 0.1) is 62.3 Å². The van der Waals surface area contributed by atoms with Crippen LogP contribution in [0.1, 0.15) is 109 Å². The van der Waals surface area contributed by atoms with E-state index in [1.807, 2.05) is 140 Å². The Hall–Kier alpha value is -6.74. The van der Waals surface area contributed by atoms with Crippen molar-refractivity contribution in [2.24, 2.45) is 0 Å². The number of phenolic OH excluding ortho intramolecular Hbond substituents is 2. The fourth-order valence-electron chi connectivity index (χ4n) is 20.6. The predicted octanol–water partition coefficient (Wildman–Crippen LogP) is 4.57. The van der Waals surface area contributed by atoms with Crippen LogP contribution in [0.2, 0.25) is 0 Å². The van der Waals surface area contributed by atoms with Gasteiger partial charge in [-0.05, 0) is 222 Å². The maximum absolute atomic E-state index is 11.5. The van der Waals surface area contributed by atoms with Crippen LogP contribution in [-0.4, -0.2) is 380 Å². The number of benzene rings is 11. The molecule has 671 valence electrons. The van der Waals surface area contributed by atoms with Crippen molar-refractivity contribution >= 4 is 347 Å². The molecule has 2 heterocycles. The van der Waals surface area contributed by atoms with E-state index in [1.54, 1.807) is 0 Å². The van der Waals surface area contributed by atoms with Crippen LogP contribution in [-0.2, 0) is 25.2 Å². The molecular formula is C92H95B45BrO11. The molecule has 57 heteroatoms. The number of hydrogen-bond acceptors (Lipinski definition) is 11. The fraction of sp³-hybridized carbons (Fsp3) is 0.283. The number of rotatable bonds is 40. The van der Waals surface area contributed by atoms with Gasteiger partial charge in [0, 0.05) is 382 Å². The second kappa shape index (κ2) is 54.8. The second-order valence-electron chi connectivity index (χ2n) is 41.0. The Morgan fingerprint density at radius 1 is 0.295 bits per heavy atom. The summed E-state index contributed by atoms with van der Waals surface area (Å²) >= 11 is 3.68. The average molecular weight is 1940 g/mol. The van der Waals surface area contributed by atoms with Gasteiger partial charge in [0.15, 0.2) is 0 Å². The van der Waals surface area contributed by atoms with Gasteiger partial charge >= 0.3 is 14.2 Å². The summed E-state index contributed by atoms with van der Waals surface area (Å²) in [5.74, 6) is 4.39. The first-order valence-electron chi connectivity index (χ1n) is 50.5. The molecule has 0 spiro atoms. The van der Waals surface area contributed by atoms with Crippen LogP contribution in [0.15, 0.2) is 223 Å². The molecule has 4 atom stereocenters. The molecule has 0 amide bonds. The minimum absolute atomic E-state index is 0.186. The normalized spacial score (nSPS) is 16.0. The molecule has 2 saturated heterocycles. The van der Waals surface area contributed by atoms with Crippen molar-refractivity contribution in [3.63, 3.8) is 0 Å². The third-order valence-corrected chi connectivity index (χ3v) is 29.4. The topological polar surface area (TPSA) is 124 Å². The quantitative estimate of drug-likeness (QED) is 0.0415. The van der Waals surface area contributed by atoms with Gasteiger partial charge in [0.25, 0.3) is 0 Å². The standard InChI is InChI=1S/C45H44O4.C25H30B2O6.C22H21BrO.B25.B18/c1-28-16-18-34(32(5)22-28)38-24-30(3)26-40(44(38)46)36-12-7-9-14-42(36)48-20-11-21-49-43-15-10-8-13-37(43)41-27-31(4)25-39(45(41)47)35-19-17-29(2)23-33(35)6;1-22-16-23(22,2)31-26(30-22)18-10-5-7-12-20(18)28-14-9-15-29-21-13-8-6-11-19(21)27-32-24(3)17-25(24,4)33-27;1-15-9-10-19(17(3)11-15)20-12-16(2)13-21(23)22(20)24-14-18-7-5-4-6-8-18;1-14-21(15(2)3)24(20(12)13)25(22(16(4)5)17(6)7)23(18(8)9)19(10)11;1-11(2)16(12(3)4)18(15(9)10)17(13(5)6)14(7)8/h7-10,12-19,22-27,46-47H,11,20-21H2,1-6H3;5-8,10-13H,9,14-17H2,1-4H3;4-13H,14H2,1-3H3;;. The monoisotopic (exact) mass is 1950 g/mol. The number of ether oxygens (including phenoxy) is 5. The summed E-state index contributed by atoms with van der Waals surface area (Å²) in [6.45, 7) is 29.7. The van der Waals surface area contributed by atoms with E-state index in [0.29, 0.717) is 51.0 Å².